The molecule has 3 rings (SSSR count). The monoisotopic (exact) mass is 309 g/mol. The largest absolute Gasteiger partial charge is 0.325 e. The van der Waals surface area contributed by atoms with Gasteiger partial charge in [0.05, 0.1) is 4.90 Å². The number of rotatable bonds is 4. The van der Waals surface area contributed by atoms with Gasteiger partial charge in [0, 0.05) is 6.54 Å². The molecule has 0 spiro atoms. The van der Waals surface area contributed by atoms with E-state index in [1.807, 2.05) is 6.07 Å². The van der Waals surface area contributed by atoms with Crippen molar-refractivity contribution in [3.8, 4) is 0 Å². The first kappa shape index (κ1) is 14.0. The molecule has 0 radical (unpaired) electrons. The molecule has 8 heteroatoms. The first-order chi connectivity index (χ1) is 9.95. The molecule has 3 N–H and O–H groups in total. The van der Waals surface area contributed by atoms with Gasteiger partial charge in [-0.3, -0.25) is 10.1 Å². The number of benzene rings is 1. The SMILES string of the molecule is O=C1NC(=O)C(CNS(=O)(=O)c2ccc3c(c2)CCC3)N1. The summed E-state index contributed by atoms with van der Waals surface area (Å²) >= 11 is 0. The molecule has 0 bridgehead atoms. The van der Waals surface area contributed by atoms with Gasteiger partial charge in [-0.1, -0.05) is 6.07 Å². The summed E-state index contributed by atoms with van der Waals surface area (Å²) in [5.41, 5.74) is 2.25. The van der Waals surface area contributed by atoms with E-state index in [1.54, 1.807) is 12.1 Å². The average Bonchev–Trinajstić information content (AvgIpc) is 3.01. The van der Waals surface area contributed by atoms with Crippen LogP contribution in [-0.4, -0.2) is 32.9 Å². The zero-order chi connectivity index (χ0) is 15.0. The van der Waals surface area contributed by atoms with E-state index < -0.39 is 28.0 Å². The van der Waals surface area contributed by atoms with Crippen LogP contribution in [0.5, 0.6) is 0 Å². The van der Waals surface area contributed by atoms with Gasteiger partial charge in [0.2, 0.25) is 10.0 Å². The number of hydrogen-bond donors (Lipinski definition) is 3. The number of aryl methyl sites for hydroxylation is 2. The van der Waals surface area contributed by atoms with Gasteiger partial charge < -0.3 is 5.32 Å². The van der Waals surface area contributed by atoms with Crippen LogP contribution in [0.1, 0.15) is 17.5 Å². The lowest BCUT2D eigenvalue weighted by Gasteiger charge is -2.11. The highest BCUT2D eigenvalue weighted by Crippen LogP contribution is 2.24. The Kier molecular flexibility index (Phi) is 3.42. The van der Waals surface area contributed by atoms with E-state index in [-0.39, 0.29) is 11.4 Å². The summed E-state index contributed by atoms with van der Waals surface area (Å²) in [7, 11) is -3.69. The van der Waals surface area contributed by atoms with Crippen molar-refractivity contribution in [2.75, 3.05) is 6.54 Å². The lowest BCUT2D eigenvalue weighted by Crippen LogP contribution is -2.41. The number of urea groups is 1. The van der Waals surface area contributed by atoms with Crippen molar-refractivity contribution >= 4 is 22.0 Å². The van der Waals surface area contributed by atoms with E-state index in [9.17, 15) is 18.0 Å². The van der Waals surface area contributed by atoms with E-state index in [4.69, 9.17) is 0 Å². The van der Waals surface area contributed by atoms with Gasteiger partial charge in [-0.2, -0.15) is 0 Å². The second-order valence-electron chi connectivity index (χ2n) is 5.15. The van der Waals surface area contributed by atoms with Crippen LogP contribution in [0, 0.1) is 0 Å². The van der Waals surface area contributed by atoms with E-state index in [0.29, 0.717) is 0 Å². The fourth-order valence-electron chi connectivity index (χ4n) is 2.59. The van der Waals surface area contributed by atoms with Gasteiger partial charge in [0.1, 0.15) is 6.04 Å². The Morgan fingerprint density at radius 1 is 1.19 bits per heavy atom. The highest BCUT2D eigenvalue weighted by molar-refractivity contribution is 7.89. The predicted molar refractivity (Wildman–Crippen MR) is 74.1 cm³/mol. The molecule has 1 aromatic carbocycles. The lowest BCUT2D eigenvalue weighted by atomic mass is 10.1. The summed E-state index contributed by atoms with van der Waals surface area (Å²) in [6.07, 6.45) is 2.91. The van der Waals surface area contributed by atoms with Gasteiger partial charge in [0.25, 0.3) is 5.91 Å². The minimum Gasteiger partial charge on any atom is -0.325 e. The smallest absolute Gasteiger partial charge is 0.322 e. The summed E-state index contributed by atoms with van der Waals surface area (Å²) in [5, 5.41) is 4.40. The van der Waals surface area contributed by atoms with Crippen molar-refractivity contribution in [2.45, 2.75) is 30.2 Å². The van der Waals surface area contributed by atoms with Crippen molar-refractivity contribution in [3.05, 3.63) is 29.3 Å². The molecule has 112 valence electrons. The second kappa shape index (κ2) is 5.12. The van der Waals surface area contributed by atoms with Crippen LogP contribution >= 0.6 is 0 Å². The fourth-order valence-corrected chi connectivity index (χ4v) is 3.69. The number of nitrogens with one attached hydrogen (secondary N) is 3. The Morgan fingerprint density at radius 3 is 2.67 bits per heavy atom. The Hall–Kier alpha value is -1.93. The summed E-state index contributed by atoms with van der Waals surface area (Å²) in [5.74, 6) is -0.531. The zero-order valence-corrected chi connectivity index (χ0v) is 12.0. The molecule has 1 fully saturated rings. The topological polar surface area (TPSA) is 104 Å². The van der Waals surface area contributed by atoms with Gasteiger partial charge >= 0.3 is 6.03 Å². The first-order valence-electron chi connectivity index (χ1n) is 6.68. The van der Waals surface area contributed by atoms with E-state index in [0.717, 1.165) is 24.8 Å². The fraction of sp³-hybridized carbons (Fsp3) is 0.385. The normalized spacial score (nSPS) is 21.0. The quantitative estimate of drug-likeness (QED) is 0.662. The summed E-state index contributed by atoms with van der Waals surface area (Å²) < 4.78 is 26.8. The molecule has 1 aliphatic heterocycles. The van der Waals surface area contributed by atoms with Crippen molar-refractivity contribution in [1.82, 2.24) is 15.4 Å². The maximum atomic E-state index is 12.2. The Bertz CT molecular complexity index is 714. The molecule has 2 aliphatic rings. The van der Waals surface area contributed by atoms with E-state index in [1.165, 1.54) is 5.56 Å². The molecular formula is C13H15N3O4S. The van der Waals surface area contributed by atoms with Crippen LogP contribution in [0.25, 0.3) is 0 Å². The maximum absolute atomic E-state index is 12.2. The molecule has 7 nitrogen and oxygen atoms in total. The molecule has 0 saturated carbocycles. The molecular weight excluding hydrogens is 294 g/mol. The number of carbonyl (C=O) groups excluding carboxylic acids is 2. The minimum absolute atomic E-state index is 0.170. The van der Waals surface area contributed by atoms with Crippen molar-refractivity contribution in [1.29, 1.82) is 0 Å². The van der Waals surface area contributed by atoms with Crippen molar-refractivity contribution in [3.63, 3.8) is 0 Å². The predicted octanol–water partition coefficient (Wildman–Crippen LogP) is -0.338. The molecule has 21 heavy (non-hydrogen) atoms. The highest BCUT2D eigenvalue weighted by atomic mass is 32.2. The number of carbonyl (C=O) groups is 2. The van der Waals surface area contributed by atoms with Crippen LogP contribution in [0.2, 0.25) is 0 Å². The first-order valence-corrected chi connectivity index (χ1v) is 8.17. The Labute approximate surface area is 122 Å². The minimum atomic E-state index is -3.69. The number of amides is 3. The van der Waals surface area contributed by atoms with Gasteiger partial charge in [-0.05, 0) is 42.5 Å². The van der Waals surface area contributed by atoms with E-state index >= 15 is 0 Å². The molecule has 1 heterocycles. The van der Waals surface area contributed by atoms with E-state index in [2.05, 4.69) is 15.4 Å². The third-order valence-corrected chi connectivity index (χ3v) is 5.14. The number of imide groups is 1. The molecule has 1 aromatic rings. The van der Waals surface area contributed by atoms with Crippen LogP contribution in [-0.2, 0) is 27.7 Å². The molecule has 1 atom stereocenters. The van der Waals surface area contributed by atoms with Gasteiger partial charge in [0.15, 0.2) is 0 Å². The highest BCUT2D eigenvalue weighted by Gasteiger charge is 2.30. The Balaban J connectivity index is 1.72. The van der Waals surface area contributed by atoms with Gasteiger partial charge in [-0.25, -0.2) is 17.9 Å². The zero-order valence-electron chi connectivity index (χ0n) is 11.2. The third kappa shape index (κ3) is 2.77. The van der Waals surface area contributed by atoms with Crippen molar-refractivity contribution in [2.24, 2.45) is 0 Å². The van der Waals surface area contributed by atoms with Crippen molar-refractivity contribution < 1.29 is 18.0 Å². The van der Waals surface area contributed by atoms with Crippen LogP contribution in [0.15, 0.2) is 23.1 Å². The molecule has 1 unspecified atom stereocenters. The van der Waals surface area contributed by atoms with Gasteiger partial charge in [-0.15, -0.1) is 0 Å². The van der Waals surface area contributed by atoms with Crippen LogP contribution < -0.4 is 15.4 Å². The third-order valence-electron chi connectivity index (χ3n) is 3.72. The maximum Gasteiger partial charge on any atom is 0.322 e. The Morgan fingerprint density at radius 2 is 1.95 bits per heavy atom. The number of fused-ring (bicyclic) bond motifs is 1. The van der Waals surface area contributed by atoms with Crippen LogP contribution in [0.3, 0.4) is 0 Å². The second-order valence-corrected chi connectivity index (χ2v) is 6.92. The average molecular weight is 309 g/mol. The lowest BCUT2D eigenvalue weighted by molar-refractivity contribution is -0.120. The molecule has 3 amide bonds. The standard InChI is InChI=1S/C13H15N3O4S/c17-12-11(15-13(18)16-12)7-14-21(19,20)10-5-4-8-2-1-3-9(8)6-10/h4-6,11,14H,1-3,7H2,(H2,15,16,17,18). The molecule has 1 saturated heterocycles. The number of sulfonamides is 1. The molecule has 0 aromatic heterocycles. The summed E-state index contributed by atoms with van der Waals surface area (Å²) in [4.78, 5) is 22.5. The molecule has 1 aliphatic carbocycles. The van der Waals surface area contributed by atoms with Crippen LogP contribution in [0.4, 0.5) is 4.79 Å². The summed E-state index contributed by atoms with van der Waals surface area (Å²) in [6.45, 7) is -0.170. The number of hydrogen-bond acceptors (Lipinski definition) is 4. The summed E-state index contributed by atoms with van der Waals surface area (Å²) in [6, 6.07) is 3.60.